The van der Waals surface area contributed by atoms with Gasteiger partial charge in [0, 0.05) is 19.2 Å². The summed E-state index contributed by atoms with van der Waals surface area (Å²) in [7, 11) is 3.12. The first-order valence-electron chi connectivity index (χ1n) is 6.21. The van der Waals surface area contributed by atoms with Crippen LogP contribution in [0.25, 0.3) is 0 Å². The van der Waals surface area contributed by atoms with Crippen LogP contribution in [-0.4, -0.2) is 44.5 Å². The van der Waals surface area contributed by atoms with Crippen molar-refractivity contribution in [2.45, 2.75) is 13.0 Å². The van der Waals surface area contributed by atoms with Crippen molar-refractivity contribution >= 4 is 5.91 Å². The van der Waals surface area contributed by atoms with Crippen LogP contribution in [-0.2, 0) is 4.74 Å². The lowest BCUT2D eigenvalue weighted by Gasteiger charge is -2.11. The molecule has 108 valence electrons. The highest BCUT2D eigenvalue weighted by Crippen LogP contribution is 2.18. The Labute approximate surface area is 118 Å². The first-order valence-corrected chi connectivity index (χ1v) is 6.21. The molecule has 1 rings (SSSR count). The van der Waals surface area contributed by atoms with Gasteiger partial charge < -0.3 is 19.9 Å². The van der Waals surface area contributed by atoms with Gasteiger partial charge in [0.05, 0.1) is 18.8 Å². The number of carbonyl (C=O) groups is 1. The van der Waals surface area contributed by atoms with Gasteiger partial charge in [0.15, 0.2) is 0 Å². The summed E-state index contributed by atoms with van der Waals surface area (Å²) in [6.07, 6.45) is -0.0501. The third-order valence-corrected chi connectivity index (χ3v) is 2.72. The van der Waals surface area contributed by atoms with Gasteiger partial charge in [-0.15, -0.1) is 0 Å². The maximum atomic E-state index is 12.0. The molecule has 1 unspecified atom stereocenters. The van der Waals surface area contributed by atoms with Crippen molar-refractivity contribution in [2.75, 3.05) is 27.4 Å². The average molecular weight is 277 g/mol. The van der Waals surface area contributed by atoms with Crippen LogP contribution in [0.1, 0.15) is 22.8 Å². The largest absolute Gasteiger partial charge is 0.495 e. The Morgan fingerprint density at radius 1 is 1.45 bits per heavy atom. The van der Waals surface area contributed by atoms with E-state index in [1.165, 1.54) is 7.11 Å². The van der Waals surface area contributed by atoms with Crippen molar-refractivity contribution in [1.82, 2.24) is 5.32 Å². The second-order valence-corrected chi connectivity index (χ2v) is 4.13. The zero-order valence-corrected chi connectivity index (χ0v) is 11.9. The van der Waals surface area contributed by atoms with Crippen LogP contribution in [0, 0.1) is 11.8 Å². The van der Waals surface area contributed by atoms with Gasteiger partial charge in [0.1, 0.15) is 12.4 Å². The summed E-state index contributed by atoms with van der Waals surface area (Å²) in [5, 5.41) is 11.5. The number of amides is 1. The van der Waals surface area contributed by atoms with E-state index in [2.05, 4.69) is 17.2 Å². The van der Waals surface area contributed by atoms with E-state index in [1.54, 1.807) is 25.3 Å². The molecule has 0 bridgehead atoms. The molecule has 5 nitrogen and oxygen atoms in total. The summed E-state index contributed by atoms with van der Waals surface area (Å²) in [4.78, 5) is 12.0. The third-order valence-electron chi connectivity index (χ3n) is 2.72. The number of aliphatic hydroxyl groups is 1. The molecule has 0 saturated heterocycles. The van der Waals surface area contributed by atoms with Crippen molar-refractivity contribution < 1.29 is 19.4 Å². The van der Waals surface area contributed by atoms with Gasteiger partial charge in [-0.05, 0) is 25.1 Å². The van der Waals surface area contributed by atoms with Crippen LogP contribution in [0.15, 0.2) is 18.2 Å². The zero-order chi connectivity index (χ0) is 15.0. The fraction of sp³-hybridized carbons (Fsp3) is 0.400. The molecule has 1 aromatic carbocycles. The molecule has 0 fully saturated rings. The molecule has 0 saturated carbocycles. The highest BCUT2D eigenvalue weighted by Gasteiger charge is 2.10. The maximum Gasteiger partial charge on any atom is 0.251 e. The monoisotopic (exact) mass is 277 g/mol. The Kier molecular flexibility index (Phi) is 6.57. The van der Waals surface area contributed by atoms with E-state index in [0.717, 1.165) is 0 Å². The Hall–Kier alpha value is -2.03. The van der Waals surface area contributed by atoms with Crippen LogP contribution >= 0.6 is 0 Å². The molecule has 5 heteroatoms. The van der Waals surface area contributed by atoms with Crippen LogP contribution in [0.4, 0.5) is 0 Å². The molecular formula is C15H19NO4. The average Bonchev–Trinajstić information content (AvgIpc) is 2.49. The quantitative estimate of drug-likeness (QED) is 0.781. The molecule has 1 amide bonds. The van der Waals surface area contributed by atoms with E-state index in [9.17, 15) is 4.79 Å². The van der Waals surface area contributed by atoms with Crippen molar-refractivity contribution in [2.24, 2.45) is 0 Å². The predicted molar refractivity (Wildman–Crippen MR) is 75.8 cm³/mol. The van der Waals surface area contributed by atoms with Gasteiger partial charge in [-0.3, -0.25) is 4.79 Å². The normalized spacial score (nSPS) is 11.2. The first kappa shape index (κ1) is 16.0. The van der Waals surface area contributed by atoms with Crippen LogP contribution in [0.2, 0.25) is 0 Å². The number of nitrogens with one attached hydrogen (secondary N) is 1. The minimum Gasteiger partial charge on any atom is -0.495 e. The minimum absolute atomic E-state index is 0.0501. The van der Waals surface area contributed by atoms with Gasteiger partial charge >= 0.3 is 0 Å². The molecule has 2 N–H and O–H groups in total. The zero-order valence-electron chi connectivity index (χ0n) is 11.9. The molecule has 1 aromatic rings. The third kappa shape index (κ3) is 4.57. The predicted octanol–water partition coefficient (Wildman–Crippen LogP) is 0.804. The van der Waals surface area contributed by atoms with Crippen LogP contribution < -0.4 is 10.1 Å². The Balaban J connectivity index is 2.88. The van der Waals surface area contributed by atoms with E-state index < -0.39 is 0 Å². The second-order valence-electron chi connectivity index (χ2n) is 4.13. The Morgan fingerprint density at radius 2 is 2.20 bits per heavy atom. The van der Waals surface area contributed by atoms with E-state index >= 15 is 0 Å². The molecule has 0 aromatic heterocycles. The van der Waals surface area contributed by atoms with E-state index in [-0.39, 0.29) is 18.6 Å². The molecule has 0 aliphatic heterocycles. The van der Waals surface area contributed by atoms with Crippen molar-refractivity contribution in [3.8, 4) is 17.6 Å². The first-order chi connectivity index (χ1) is 9.62. The van der Waals surface area contributed by atoms with Crippen molar-refractivity contribution in [1.29, 1.82) is 0 Å². The van der Waals surface area contributed by atoms with Gasteiger partial charge in [-0.25, -0.2) is 0 Å². The van der Waals surface area contributed by atoms with Crippen LogP contribution in [0.5, 0.6) is 5.75 Å². The molecular weight excluding hydrogens is 258 g/mol. The summed E-state index contributed by atoms with van der Waals surface area (Å²) in [6.45, 7) is 2.05. The highest BCUT2D eigenvalue weighted by molar-refractivity contribution is 5.94. The number of rotatable bonds is 5. The molecule has 0 radical (unpaired) electrons. The van der Waals surface area contributed by atoms with Gasteiger partial charge in [0.25, 0.3) is 5.91 Å². The number of ether oxygens (including phenoxy) is 2. The number of hydrogen-bond acceptors (Lipinski definition) is 4. The summed E-state index contributed by atoms with van der Waals surface area (Å²) in [5.41, 5.74) is 1.05. The number of methoxy groups -OCH3 is 2. The molecule has 1 atom stereocenters. The van der Waals surface area contributed by atoms with Crippen LogP contribution in [0.3, 0.4) is 0 Å². The topological polar surface area (TPSA) is 67.8 Å². The lowest BCUT2D eigenvalue weighted by Crippen LogP contribution is -2.31. The summed E-state index contributed by atoms with van der Waals surface area (Å²) in [6, 6.07) is 4.97. The summed E-state index contributed by atoms with van der Waals surface area (Å²) >= 11 is 0. The fourth-order valence-electron chi connectivity index (χ4n) is 1.50. The Morgan fingerprint density at radius 3 is 2.80 bits per heavy atom. The summed E-state index contributed by atoms with van der Waals surface area (Å²) in [5.74, 6) is 5.65. The number of carbonyl (C=O) groups excluding carboxylic acids is 1. The minimum atomic E-state index is -0.245. The SMILES string of the molecule is COc1ccc(C(=O)NCC(C)OC)cc1C#CCO. The highest BCUT2D eigenvalue weighted by atomic mass is 16.5. The maximum absolute atomic E-state index is 12.0. The number of hydrogen-bond donors (Lipinski definition) is 2. The second kappa shape index (κ2) is 8.20. The smallest absolute Gasteiger partial charge is 0.251 e. The van der Waals surface area contributed by atoms with Gasteiger partial charge in [-0.1, -0.05) is 11.8 Å². The molecule has 0 heterocycles. The molecule has 0 spiro atoms. The molecule has 0 aliphatic carbocycles. The standard InChI is InChI=1S/C15H19NO4/c1-11(19-2)10-16-15(18)13-6-7-14(20-3)12(9-13)5-4-8-17/h6-7,9,11,17H,8,10H2,1-3H3,(H,16,18). The molecule has 20 heavy (non-hydrogen) atoms. The fourth-order valence-corrected chi connectivity index (χ4v) is 1.50. The van der Waals surface area contributed by atoms with Gasteiger partial charge in [-0.2, -0.15) is 0 Å². The number of benzene rings is 1. The van der Waals surface area contributed by atoms with Gasteiger partial charge in [0.2, 0.25) is 0 Å². The van der Waals surface area contributed by atoms with E-state index in [0.29, 0.717) is 23.4 Å². The summed E-state index contributed by atoms with van der Waals surface area (Å²) < 4.78 is 10.2. The lowest BCUT2D eigenvalue weighted by atomic mass is 10.1. The van der Waals surface area contributed by atoms with Crippen molar-refractivity contribution in [3.63, 3.8) is 0 Å². The van der Waals surface area contributed by atoms with E-state index in [1.807, 2.05) is 6.92 Å². The molecule has 0 aliphatic rings. The Bertz CT molecular complexity index is 516. The number of aliphatic hydroxyl groups excluding tert-OH is 1. The van der Waals surface area contributed by atoms with E-state index in [4.69, 9.17) is 14.6 Å². The van der Waals surface area contributed by atoms with Crippen molar-refractivity contribution in [3.05, 3.63) is 29.3 Å². The lowest BCUT2D eigenvalue weighted by molar-refractivity contribution is 0.0870.